The van der Waals surface area contributed by atoms with Crippen molar-refractivity contribution in [2.24, 2.45) is 5.92 Å². The molecule has 0 aromatic heterocycles. The number of likely N-dealkylation sites (tertiary alicyclic amines) is 1. The fourth-order valence-corrected chi connectivity index (χ4v) is 3.22. The second kappa shape index (κ2) is 8.54. The molecule has 0 aliphatic carbocycles. The molecule has 0 bridgehead atoms. The van der Waals surface area contributed by atoms with Crippen LogP contribution < -0.4 is 4.74 Å². The molecule has 1 heterocycles. The van der Waals surface area contributed by atoms with Crippen molar-refractivity contribution in [2.45, 2.75) is 52.6 Å². The predicted octanol–water partition coefficient (Wildman–Crippen LogP) is 3.94. The van der Waals surface area contributed by atoms with E-state index in [1.54, 1.807) is 0 Å². The van der Waals surface area contributed by atoms with Crippen LogP contribution in [0.15, 0.2) is 18.2 Å². The average Bonchev–Trinajstić information content (AvgIpc) is 2.51. The number of hydrogen-bond acceptors (Lipinski definition) is 3. The summed E-state index contributed by atoms with van der Waals surface area (Å²) in [7, 11) is 0. The zero-order valence-electron chi connectivity index (χ0n) is 14.3. The fourth-order valence-electron chi connectivity index (χ4n) is 3.22. The highest BCUT2D eigenvalue weighted by Crippen LogP contribution is 2.29. The van der Waals surface area contributed by atoms with Crippen LogP contribution in [0.1, 0.15) is 56.8 Å². The molecular formula is C19H31NO2. The van der Waals surface area contributed by atoms with Crippen LogP contribution >= 0.6 is 0 Å². The molecule has 1 aromatic carbocycles. The minimum atomic E-state index is -0.441. The molecule has 1 N–H and O–H groups in total. The molecule has 2 unspecified atom stereocenters. The Kier molecular flexibility index (Phi) is 6.71. The topological polar surface area (TPSA) is 32.7 Å². The lowest BCUT2D eigenvalue weighted by molar-refractivity contribution is 0.119. The quantitative estimate of drug-likeness (QED) is 0.828. The van der Waals surface area contributed by atoms with E-state index in [4.69, 9.17) is 4.74 Å². The van der Waals surface area contributed by atoms with Gasteiger partial charge in [-0.15, -0.1) is 0 Å². The molecule has 0 spiro atoms. The lowest BCUT2D eigenvalue weighted by Gasteiger charge is -2.31. The van der Waals surface area contributed by atoms with E-state index in [0.29, 0.717) is 6.61 Å². The summed E-state index contributed by atoms with van der Waals surface area (Å²) >= 11 is 0. The van der Waals surface area contributed by atoms with Crippen LogP contribution in [0.3, 0.4) is 0 Å². The average molecular weight is 305 g/mol. The fraction of sp³-hybridized carbons (Fsp3) is 0.684. The van der Waals surface area contributed by atoms with Gasteiger partial charge >= 0.3 is 0 Å². The molecule has 1 aliphatic rings. The van der Waals surface area contributed by atoms with E-state index >= 15 is 0 Å². The Bertz CT molecular complexity index is 461. The summed E-state index contributed by atoms with van der Waals surface area (Å²) in [5.74, 6) is 1.63. The van der Waals surface area contributed by atoms with E-state index in [1.165, 1.54) is 31.5 Å². The summed E-state index contributed by atoms with van der Waals surface area (Å²) in [6.07, 6.45) is 3.94. The number of ether oxygens (including phenoxy) is 1. The van der Waals surface area contributed by atoms with Crippen molar-refractivity contribution in [3.63, 3.8) is 0 Å². The molecule has 0 radical (unpaired) electrons. The monoisotopic (exact) mass is 305 g/mol. The Hall–Kier alpha value is -1.06. The number of aliphatic hydroxyl groups is 1. The highest BCUT2D eigenvalue weighted by atomic mass is 16.5. The number of aryl methyl sites for hydroxylation is 1. The summed E-state index contributed by atoms with van der Waals surface area (Å²) in [5, 5.41) is 10.6. The van der Waals surface area contributed by atoms with E-state index in [9.17, 15) is 5.11 Å². The first-order valence-corrected chi connectivity index (χ1v) is 8.74. The third-order valence-corrected chi connectivity index (χ3v) is 4.45. The maximum Gasteiger partial charge on any atom is 0.125 e. The van der Waals surface area contributed by atoms with Crippen LogP contribution in [-0.2, 0) is 0 Å². The van der Waals surface area contributed by atoms with E-state index in [-0.39, 0.29) is 0 Å². The molecule has 22 heavy (non-hydrogen) atoms. The molecule has 124 valence electrons. The Labute approximate surface area is 135 Å². The number of benzene rings is 1. The molecule has 3 nitrogen and oxygen atoms in total. The maximum absolute atomic E-state index is 10.6. The molecule has 0 amide bonds. The minimum Gasteiger partial charge on any atom is -0.493 e. The number of hydrogen-bond donors (Lipinski definition) is 1. The van der Waals surface area contributed by atoms with Crippen molar-refractivity contribution in [3.8, 4) is 5.75 Å². The number of aliphatic hydroxyl groups excluding tert-OH is 1. The van der Waals surface area contributed by atoms with Gasteiger partial charge in [-0.3, -0.25) is 0 Å². The maximum atomic E-state index is 10.6. The predicted molar refractivity (Wildman–Crippen MR) is 91.4 cm³/mol. The van der Waals surface area contributed by atoms with Gasteiger partial charge < -0.3 is 14.7 Å². The van der Waals surface area contributed by atoms with Gasteiger partial charge in [0.05, 0.1) is 12.7 Å². The van der Waals surface area contributed by atoms with Gasteiger partial charge in [-0.1, -0.05) is 25.5 Å². The summed E-state index contributed by atoms with van der Waals surface area (Å²) in [5.41, 5.74) is 2.11. The van der Waals surface area contributed by atoms with Crippen LogP contribution in [0.2, 0.25) is 0 Å². The normalized spacial score (nSPS) is 20.8. The lowest BCUT2D eigenvalue weighted by Crippen LogP contribution is -2.35. The van der Waals surface area contributed by atoms with Crippen LogP contribution in [0.25, 0.3) is 0 Å². The standard InChI is InChI=1S/C19H31NO2/c1-4-12-22-19-8-7-15(2)13-17(19)18(21)9-11-20-10-5-6-16(3)14-20/h7-8,13,16,18,21H,4-6,9-12,14H2,1-3H3. The first-order valence-electron chi connectivity index (χ1n) is 8.74. The van der Waals surface area contributed by atoms with E-state index < -0.39 is 6.10 Å². The molecule has 2 rings (SSSR count). The lowest BCUT2D eigenvalue weighted by atomic mass is 9.99. The van der Waals surface area contributed by atoms with Crippen molar-refractivity contribution in [1.29, 1.82) is 0 Å². The van der Waals surface area contributed by atoms with Crippen LogP contribution in [-0.4, -0.2) is 36.2 Å². The van der Waals surface area contributed by atoms with E-state index in [0.717, 1.165) is 36.6 Å². The summed E-state index contributed by atoms with van der Waals surface area (Å²) < 4.78 is 5.80. The molecule has 1 aliphatic heterocycles. The van der Waals surface area contributed by atoms with Crippen molar-refractivity contribution in [1.82, 2.24) is 4.90 Å². The van der Waals surface area contributed by atoms with Gasteiger partial charge in [0, 0.05) is 18.7 Å². The van der Waals surface area contributed by atoms with Gasteiger partial charge in [0.25, 0.3) is 0 Å². The molecular weight excluding hydrogens is 274 g/mol. The zero-order valence-corrected chi connectivity index (χ0v) is 14.3. The summed E-state index contributed by atoms with van der Waals surface area (Å²) in [4.78, 5) is 2.49. The van der Waals surface area contributed by atoms with Crippen LogP contribution in [0.4, 0.5) is 0 Å². The molecule has 1 fully saturated rings. The molecule has 1 aromatic rings. The third kappa shape index (κ3) is 4.99. The Morgan fingerprint density at radius 1 is 1.41 bits per heavy atom. The number of rotatable bonds is 7. The van der Waals surface area contributed by atoms with Gasteiger partial charge in [-0.25, -0.2) is 0 Å². The van der Waals surface area contributed by atoms with Gasteiger partial charge in [0.2, 0.25) is 0 Å². The van der Waals surface area contributed by atoms with E-state index in [2.05, 4.69) is 31.7 Å². The first kappa shape index (κ1) is 17.3. The minimum absolute atomic E-state index is 0.441. The SMILES string of the molecule is CCCOc1ccc(C)cc1C(O)CCN1CCCC(C)C1. The highest BCUT2D eigenvalue weighted by Gasteiger charge is 2.19. The molecule has 0 saturated carbocycles. The van der Waals surface area contributed by atoms with Gasteiger partial charge in [0.15, 0.2) is 0 Å². The second-order valence-electron chi connectivity index (χ2n) is 6.74. The molecule has 1 saturated heterocycles. The molecule has 3 heteroatoms. The van der Waals surface area contributed by atoms with Crippen molar-refractivity contribution >= 4 is 0 Å². The van der Waals surface area contributed by atoms with Crippen LogP contribution in [0.5, 0.6) is 5.75 Å². The third-order valence-electron chi connectivity index (χ3n) is 4.45. The van der Waals surface area contributed by atoms with Gasteiger partial charge in [0.1, 0.15) is 5.75 Å². The van der Waals surface area contributed by atoms with Crippen molar-refractivity contribution < 1.29 is 9.84 Å². The summed E-state index contributed by atoms with van der Waals surface area (Å²) in [6.45, 7) is 10.5. The smallest absolute Gasteiger partial charge is 0.125 e. The Morgan fingerprint density at radius 3 is 2.95 bits per heavy atom. The largest absolute Gasteiger partial charge is 0.493 e. The summed E-state index contributed by atoms with van der Waals surface area (Å²) in [6, 6.07) is 6.11. The number of piperidine rings is 1. The van der Waals surface area contributed by atoms with Gasteiger partial charge in [-0.2, -0.15) is 0 Å². The number of nitrogens with zero attached hydrogens (tertiary/aromatic N) is 1. The highest BCUT2D eigenvalue weighted by molar-refractivity contribution is 5.38. The van der Waals surface area contributed by atoms with Crippen molar-refractivity contribution in [3.05, 3.63) is 29.3 Å². The first-order chi connectivity index (χ1) is 10.6. The Morgan fingerprint density at radius 2 is 2.23 bits per heavy atom. The Balaban J connectivity index is 1.95. The second-order valence-corrected chi connectivity index (χ2v) is 6.74. The van der Waals surface area contributed by atoms with Crippen LogP contribution in [0, 0.1) is 12.8 Å². The zero-order chi connectivity index (χ0) is 15.9. The van der Waals surface area contributed by atoms with Gasteiger partial charge in [-0.05, 0) is 57.2 Å². The van der Waals surface area contributed by atoms with E-state index in [1.807, 2.05) is 12.1 Å². The van der Waals surface area contributed by atoms with Crippen molar-refractivity contribution in [2.75, 3.05) is 26.2 Å². The molecule has 2 atom stereocenters.